The summed E-state index contributed by atoms with van der Waals surface area (Å²) in [5, 5.41) is 9.13. The van der Waals surface area contributed by atoms with Crippen molar-refractivity contribution >= 4 is 5.91 Å². The number of rotatable bonds is 4. The molecular formula is C12H18N2O2. The van der Waals surface area contributed by atoms with E-state index < -0.39 is 0 Å². The lowest BCUT2D eigenvalue weighted by molar-refractivity contribution is 0.0739. The third kappa shape index (κ3) is 2.97. The Labute approximate surface area is 95.7 Å². The number of amides is 1. The number of aromatic hydroxyl groups is 1. The smallest absolute Gasteiger partial charge is 0.253 e. The van der Waals surface area contributed by atoms with Gasteiger partial charge in [0.1, 0.15) is 5.75 Å². The SMILES string of the molecule is CC(CCN)N(C)C(=O)c1ccc(O)cc1. The van der Waals surface area contributed by atoms with Crippen molar-refractivity contribution in [1.82, 2.24) is 4.90 Å². The summed E-state index contributed by atoms with van der Waals surface area (Å²) in [4.78, 5) is 13.6. The van der Waals surface area contributed by atoms with Crippen LogP contribution >= 0.6 is 0 Å². The van der Waals surface area contributed by atoms with Crippen LogP contribution in [0.15, 0.2) is 24.3 Å². The molecule has 0 bridgehead atoms. The highest BCUT2D eigenvalue weighted by atomic mass is 16.3. The van der Waals surface area contributed by atoms with Crippen LogP contribution < -0.4 is 5.73 Å². The summed E-state index contributed by atoms with van der Waals surface area (Å²) < 4.78 is 0. The van der Waals surface area contributed by atoms with Crippen molar-refractivity contribution in [2.75, 3.05) is 13.6 Å². The molecule has 88 valence electrons. The van der Waals surface area contributed by atoms with Crippen LogP contribution in [-0.4, -0.2) is 35.5 Å². The molecule has 1 aromatic carbocycles. The van der Waals surface area contributed by atoms with Crippen molar-refractivity contribution in [3.8, 4) is 5.75 Å². The summed E-state index contributed by atoms with van der Waals surface area (Å²) in [7, 11) is 1.76. The highest BCUT2D eigenvalue weighted by Gasteiger charge is 2.16. The van der Waals surface area contributed by atoms with Gasteiger partial charge in [0.2, 0.25) is 0 Å². The van der Waals surface area contributed by atoms with Gasteiger partial charge in [-0.1, -0.05) is 0 Å². The lowest BCUT2D eigenvalue weighted by Crippen LogP contribution is -2.36. The van der Waals surface area contributed by atoms with Crippen molar-refractivity contribution in [2.45, 2.75) is 19.4 Å². The minimum Gasteiger partial charge on any atom is -0.508 e. The van der Waals surface area contributed by atoms with Crippen LogP contribution in [0.1, 0.15) is 23.7 Å². The van der Waals surface area contributed by atoms with Gasteiger partial charge in [-0.3, -0.25) is 4.79 Å². The minimum atomic E-state index is -0.0547. The van der Waals surface area contributed by atoms with Gasteiger partial charge in [0.15, 0.2) is 0 Å². The van der Waals surface area contributed by atoms with Crippen LogP contribution in [0.3, 0.4) is 0 Å². The molecule has 0 spiro atoms. The average Bonchev–Trinajstić information content (AvgIpc) is 2.28. The second-order valence-electron chi connectivity index (χ2n) is 3.89. The van der Waals surface area contributed by atoms with Gasteiger partial charge in [0.05, 0.1) is 0 Å². The average molecular weight is 222 g/mol. The molecule has 0 radical (unpaired) electrons. The Hall–Kier alpha value is -1.55. The van der Waals surface area contributed by atoms with E-state index in [0.717, 1.165) is 6.42 Å². The van der Waals surface area contributed by atoms with Crippen LogP contribution in [0, 0.1) is 0 Å². The Morgan fingerprint density at radius 1 is 1.44 bits per heavy atom. The topological polar surface area (TPSA) is 66.6 Å². The molecule has 4 nitrogen and oxygen atoms in total. The molecule has 4 heteroatoms. The van der Waals surface area contributed by atoms with Crippen LogP contribution in [0.25, 0.3) is 0 Å². The number of benzene rings is 1. The third-order valence-corrected chi connectivity index (χ3v) is 2.68. The summed E-state index contributed by atoms with van der Waals surface area (Å²) in [6, 6.07) is 6.36. The second kappa shape index (κ2) is 5.51. The van der Waals surface area contributed by atoms with Crippen LogP contribution in [0.4, 0.5) is 0 Å². The van der Waals surface area contributed by atoms with Gasteiger partial charge >= 0.3 is 0 Å². The molecule has 1 rings (SSSR count). The first-order valence-electron chi connectivity index (χ1n) is 5.32. The highest BCUT2D eigenvalue weighted by molar-refractivity contribution is 5.94. The van der Waals surface area contributed by atoms with E-state index in [1.54, 1.807) is 24.1 Å². The van der Waals surface area contributed by atoms with E-state index in [1.807, 2.05) is 6.92 Å². The third-order valence-electron chi connectivity index (χ3n) is 2.68. The maximum absolute atomic E-state index is 12.0. The van der Waals surface area contributed by atoms with Gasteiger partial charge in [-0.15, -0.1) is 0 Å². The van der Waals surface area contributed by atoms with E-state index in [1.165, 1.54) is 12.1 Å². The molecule has 0 aliphatic heterocycles. The van der Waals surface area contributed by atoms with Crippen molar-refractivity contribution in [1.29, 1.82) is 0 Å². The molecule has 1 aromatic rings. The molecular weight excluding hydrogens is 204 g/mol. The molecule has 3 N–H and O–H groups in total. The van der Waals surface area contributed by atoms with Gasteiger partial charge in [0, 0.05) is 18.7 Å². The van der Waals surface area contributed by atoms with Gasteiger partial charge in [-0.25, -0.2) is 0 Å². The van der Waals surface area contributed by atoms with E-state index in [9.17, 15) is 4.79 Å². The molecule has 1 amide bonds. The molecule has 0 heterocycles. The van der Waals surface area contributed by atoms with Crippen LogP contribution in [0.5, 0.6) is 5.75 Å². The number of phenolic OH excluding ortho intramolecular Hbond substituents is 1. The van der Waals surface area contributed by atoms with E-state index in [4.69, 9.17) is 10.8 Å². The van der Waals surface area contributed by atoms with Crippen molar-refractivity contribution in [3.05, 3.63) is 29.8 Å². The largest absolute Gasteiger partial charge is 0.508 e. The first-order valence-corrected chi connectivity index (χ1v) is 5.32. The number of hydrogen-bond acceptors (Lipinski definition) is 3. The predicted molar refractivity (Wildman–Crippen MR) is 63.3 cm³/mol. The maximum Gasteiger partial charge on any atom is 0.253 e. The number of nitrogens with two attached hydrogens (primary N) is 1. The van der Waals surface area contributed by atoms with E-state index in [2.05, 4.69) is 0 Å². The number of carbonyl (C=O) groups is 1. The molecule has 0 aromatic heterocycles. The highest BCUT2D eigenvalue weighted by Crippen LogP contribution is 2.13. The molecule has 0 aliphatic carbocycles. The van der Waals surface area contributed by atoms with E-state index in [0.29, 0.717) is 12.1 Å². The zero-order chi connectivity index (χ0) is 12.1. The lowest BCUT2D eigenvalue weighted by atomic mass is 10.1. The molecule has 0 aliphatic rings. The quantitative estimate of drug-likeness (QED) is 0.804. The number of carbonyl (C=O) groups excluding carboxylic acids is 1. The van der Waals surface area contributed by atoms with Crippen LogP contribution in [-0.2, 0) is 0 Å². The molecule has 1 unspecified atom stereocenters. The van der Waals surface area contributed by atoms with Gasteiger partial charge < -0.3 is 15.7 Å². The number of phenols is 1. The molecule has 0 fully saturated rings. The van der Waals surface area contributed by atoms with E-state index in [-0.39, 0.29) is 17.7 Å². The van der Waals surface area contributed by atoms with E-state index >= 15 is 0 Å². The summed E-state index contributed by atoms with van der Waals surface area (Å²) in [6.07, 6.45) is 0.778. The minimum absolute atomic E-state index is 0.0547. The Kier molecular flexibility index (Phi) is 4.31. The predicted octanol–water partition coefficient (Wildman–Crippen LogP) is 1.20. The Morgan fingerprint density at radius 3 is 2.50 bits per heavy atom. The number of nitrogens with zero attached hydrogens (tertiary/aromatic N) is 1. The fourth-order valence-corrected chi connectivity index (χ4v) is 1.44. The monoisotopic (exact) mass is 222 g/mol. The summed E-state index contributed by atoms with van der Waals surface area (Å²) >= 11 is 0. The summed E-state index contributed by atoms with van der Waals surface area (Å²) in [5.41, 5.74) is 6.03. The Bertz CT molecular complexity index is 349. The van der Waals surface area contributed by atoms with Crippen molar-refractivity contribution in [2.24, 2.45) is 5.73 Å². The van der Waals surface area contributed by atoms with Crippen LogP contribution in [0.2, 0.25) is 0 Å². The molecule has 0 saturated heterocycles. The first kappa shape index (κ1) is 12.5. The summed E-state index contributed by atoms with van der Waals surface area (Å²) in [6.45, 7) is 2.53. The van der Waals surface area contributed by atoms with Gasteiger partial charge in [-0.05, 0) is 44.2 Å². The lowest BCUT2D eigenvalue weighted by Gasteiger charge is -2.24. The summed E-state index contributed by atoms with van der Waals surface area (Å²) in [5.74, 6) is 0.107. The van der Waals surface area contributed by atoms with Gasteiger partial charge in [-0.2, -0.15) is 0 Å². The van der Waals surface area contributed by atoms with Crippen molar-refractivity contribution in [3.63, 3.8) is 0 Å². The fourth-order valence-electron chi connectivity index (χ4n) is 1.44. The molecule has 1 atom stereocenters. The standard InChI is InChI=1S/C12H18N2O2/c1-9(7-8-13)14(2)12(16)10-3-5-11(15)6-4-10/h3-6,9,15H,7-8,13H2,1-2H3. The Balaban J connectivity index is 2.73. The fraction of sp³-hybridized carbons (Fsp3) is 0.417. The maximum atomic E-state index is 12.0. The first-order chi connectivity index (χ1) is 7.56. The zero-order valence-corrected chi connectivity index (χ0v) is 9.68. The Morgan fingerprint density at radius 2 is 2.00 bits per heavy atom. The zero-order valence-electron chi connectivity index (χ0n) is 9.68. The molecule has 0 saturated carbocycles. The second-order valence-corrected chi connectivity index (χ2v) is 3.89. The normalized spacial score (nSPS) is 12.2. The van der Waals surface area contributed by atoms with Gasteiger partial charge in [0.25, 0.3) is 5.91 Å². The number of hydrogen-bond donors (Lipinski definition) is 2. The van der Waals surface area contributed by atoms with Crippen molar-refractivity contribution < 1.29 is 9.90 Å². The molecule has 16 heavy (non-hydrogen) atoms.